The molecule has 0 saturated heterocycles. The van der Waals surface area contributed by atoms with Crippen LogP contribution in [-0.4, -0.2) is 31.2 Å². The van der Waals surface area contributed by atoms with Gasteiger partial charge in [-0.3, -0.25) is 4.79 Å². The van der Waals surface area contributed by atoms with Crippen molar-refractivity contribution in [1.29, 1.82) is 0 Å². The molecule has 2 aromatic carbocycles. The normalized spacial score (nSPS) is 10.4. The van der Waals surface area contributed by atoms with Gasteiger partial charge in [0.05, 0.1) is 30.4 Å². The first-order chi connectivity index (χ1) is 13.3. The predicted molar refractivity (Wildman–Crippen MR) is 109 cm³/mol. The van der Waals surface area contributed by atoms with Crippen molar-refractivity contribution in [1.82, 2.24) is 10.3 Å². The molecule has 7 heteroatoms. The van der Waals surface area contributed by atoms with Crippen LogP contribution in [-0.2, 0) is 5.75 Å². The van der Waals surface area contributed by atoms with Gasteiger partial charge in [-0.1, -0.05) is 12.1 Å². The highest BCUT2D eigenvalue weighted by Crippen LogP contribution is 2.26. The Bertz CT molecular complexity index is 852. The average molecular weight is 401 g/mol. The average Bonchev–Trinajstić information content (AvgIpc) is 3.24. The summed E-state index contributed by atoms with van der Waals surface area (Å²) in [5, 5.41) is 4.93. The summed E-state index contributed by atoms with van der Waals surface area (Å²) in [7, 11) is 1.62. The number of thioether (sulfide) groups is 1. The lowest BCUT2D eigenvalue weighted by molar-refractivity contribution is 0.0944. The molecule has 1 amide bonds. The Kier molecular flexibility index (Phi) is 7.12. The van der Waals surface area contributed by atoms with Crippen molar-refractivity contribution in [2.75, 3.05) is 20.3 Å². The van der Waals surface area contributed by atoms with E-state index in [1.54, 1.807) is 30.2 Å². The van der Waals surface area contributed by atoms with Crippen LogP contribution in [0.3, 0.4) is 0 Å². The number of aromatic nitrogens is 1. The zero-order chi connectivity index (χ0) is 18.9. The van der Waals surface area contributed by atoms with E-state index in [1.165, 1.54) is 0 Å². The van der Waals surface area contributed by atoms with E-state index < -0.39 is 0 Å². The van der Waals surface area contributed by atoms with Crippen LogP contribution in [0.1, 0.15) is 16.1 Å². The minimum atomic E-state index is -0.102. The number of thiazole rings is 1. The molecule has 5 nitrogen and oxygen atoms in total. The van der Waals surface area contributed by atoms with Crippen molar-refractivity contribution in [2.45, 2.75) is 10.6 Å². The van der Waals surface area contributed by atoms with Crippen molar-refractivity contribution in [3.8, 4) is 11.5 Å². The fraction of sp³-hybridized carbons (Fsp3) is 0.200. The minimum Gasteiger partial charge on any atom is -0.497 e. The monoisotopic (exact) mass is 400 g/mol. The number of methoxy groups -OCH3 is 1. The molecule has 0 aliphatic carbocycles. The third kappa shape index (κ3) is 5.74. The fourth-order valence-corrected chi connectivity index (χ4v) is 3.96. The Hall–Kier alpha value is -2.51. The second kappa shape index (κ2) is 9.99. The molecule has 1 aromatic heterocycles. The van der Waals surface area contributed by atoms with Crippen molar-refractivity contribution in [2.24, 2.45) is 0 Å². The maximum Gasteiger partial charge on any atom is 0.252 e. The molecule has 3 aromatic rings. The maximum atomic E-state index is 12.5. The summed E-state index contributed by atoms with van der Waals surface area (Å²) in [6, 6.07) is 15.0. The summed E-state index contributed by atoms with van der Waals surface area (Å²) in [6.45, 7) is 0.822. The van der Waals surface area contributed by atoms with Gasteiger partial charge in [-0.25, -0.2) is 4.98 Å². The molecule has 0 bridgehead atoms. The van der Waals surface area contributed by atoms with E-state index in [-0.39, 0.29) is 5.91 Å². The molecule has 1 heterocycles. The van der Waals surface area contributed by atoms with E-state index in [0.717, 1.165) is 27.8 Å². The van der Waals surface area contributed by atoms with E-state index in [9.17, 15) is 4.79 Å². The second-order valence-electron chi connectivity index (χ2n) is 5.54. The highest BCUT2D eigenvalue weighted by Gasteiger charge is 2.11. The molecule has 1 N–H and O–H groups in total. The Balaban J connectivity index is 1.48. The van der Waals surface area contributed by atoms with Crippen LogP contribution in [0.15, 0.2) is 64.3 Å². The van der Waals surface area contributed by atoms with E-state index in [4.69, 9.17) is 9.47 Å². The number of benzene rings is 2. The van der Waals surface area contributed by atoms with Gasteiger partial charge in [0.15, 0.2) is 0 Å². The van der Waals surface area contributed by atoms with Crippen molar-refractivity contribution >= 4 is 29.0 Å². The lowest BCUT2D eigenvalue weighted by Crippen LogP contribution is -2.28. The Morgan fingerprint density at radius 1 is 1.15 bits per heavy atom. The lowest BCUT2D eigenvalue weighted by Gasteiger charge is -2.11. The molecule has 0 spiro atoms. The van der Waals surface area contributed by atoms with E-state index in [0.29, 0.717) is 18.7 Å². The molecule has 0 unspecified atom stereocenters. The summed E-state index contributed by atoms with van der Waals surface area (Å²) in [4.78, 5) is 17.7. The van der Waals surface area contributed by atoms with E-state index in [1.807, 2.05) is 59.4 Å². The van der Waals surface area contributed by atoms with Gasteiger partial charge < -0.3 is 14.8 Å². The quantitative estimate of drug-likeness (QED) is 0.430. The molecule has 0 atom stereocenters. The minimum absolute atomic E-state index is 0.102. The van der Waals surface area contributed by atoms with Crippen LogP contribution in [0.2, 0.25) is 0 Å². The Morgan fingerprint density at radius 2 is 1.93 bits per heavy atom. The molecule has 0 fully saturated rings. The van der Waals surface area contributed by atoms with Crippen molar-refractivity contribution in [3.05, 3.63) is 70.7 Å². The van der Waals surface area contributed by atoms with E-state index >= 15 is 0 Å². The van der Waals surface area contributed by atoms with Crippen LogP contribution < -0.4 is 14.8 Å². The van der Waals surface area contributed by atoms with Crippen molar-refractivity contribution < 1.29 is 14.3 Å². The van der Waals surface area contributed by atoms with Crippen molar-refractivity contribution in [3.63, 3.8) is 0 Å². The van der Waals surface area contributed by atoms with Gasteiger partial charge in [0, 0.05) is 16.0 Å². The standard InChI is InChI=1S/C20H20N2O3S2/c1-24-16-6-8-17(9-7-16)25-11-10-21-20(23)18-4-2-3-5-19(18)27-13-15-12-26-14-22-15/h2-9,12,14H,10-11,13H2,1H3,(H,21,23). The topological polar surface area (TPSA) is 60.5 Å². The fourth-order valence-electron chi connectivity index (χ4n) is 2.34. The first kappa shape index (κ1) is 19.3. The van der Waals surface area contributed by atoms with Crippen LogP contribution in [0, 0.1) is 0 Å². The van der Waals surface area contributed by atoms with Gasteiger partial charge in [0.1, 0.15) is 18.1 Å². The zero-order valence-electron chi connectivity index (χ0n) is 14.9. The summed E-state index contributed by atoms with van der Waals surface area (Å²) in [5.74, 6) is 2.16. The third-order valence-electron chi connectivity index (χ3n) is 3.71. The molecule has 0 aliphatic rings. The van der Waals surface area contributed by atoms with Gasteiger partial charge in [-0.2, -0.15) is 0 Å². The molecule has 140 valence electrons. The van der Waals surface area contributed by atoms with Gasteiger partial charge in [-0.05, 0) is 36.4 Å². The lowest BCUT2D eigenvalue weighted by atomic mass is 10.2. The first-order valence-corrected chi connectivity index (χ1v) is 10.3. The number of nitrogens with one attached hydrogen (secondary N) is 1. The van der Waals surface area contributed by atoms with Crippen LogP contribution in [0.5, 0.6) is 11.5 Å². The number of hydrogen-bond donors (Lipinski definition) is 1. The van der Waals surface area contributed by atoms with Gasteiger partial charge >= 0.3 is 0 Å². The predicted octanol–water partition coefficient (Wildman–Crippen LogP) is 4.25. The molecule has 0 aliphatic heterocycles. The highest BCUT2D eigenvalue weighted by atomic mass is 32.2. The molecule has 0 saturated carbocycles. The Labute approximate surface area is 166 Å². The number of nitrogens with zero attached hydrogens (tertiary/aromatic N) is 1. The molecule has 3 rings (SSSR count). The smallest absolute Gasteiger partial charge is 0.252 e. The molecule has 0 radical (unpaired) electrons. The summed E-state index contributed by atoms with van der Waals surface area (Å²) in [5.41, 5.74) is 3.51. The van der Waals surface area contributed by atoms with Crippen LogP contribution >= 0.6 is 23.1 Å². The van der Waals surface area contributed by atoms with Crippen LogP contribution in [0.25, 0.3) is 0 Å². The number of carbonyl (C=O) groups is 1. The largest absolute Gasteiger partial charge is 0.497 e. The molecular weight excluding hydrogens is 380 g/mol. The number of rotatable bonds is 9. The number of ether oxygens (including phenoxy) is 2. The van der Waals surface area contributed by atoms with Crippen LogP contribution in [0.4, 0.5) is 0 Å². The highest BCUT2D eigenvalue weighted by molar-refractivity contribution is 7.98. The van der Waals surface area contributed by atoms with Gasteiger partial charge in [0.2, 0.25) is 0 Å². The second-order valence-corrected chi connectivity index (χ2v) is 7.28. The molecular formula is C20H20N2O3S2. The number of amides is 1. The third-order valence-corrected chi connectivity index (χ3v) is 5.45. The summed E-state index contributed by atoms with van der Waals surface area (Å²) >= 11 is 3.19. The zero-order valence-corrected chi connectivity index (χ0v) is 16.5. The summed E-state index contributed by atoms with van der Waals surface area (Å²) in [6.07, 6.45) is 0. The number of hydrogen-bond acceptors (Lipinski definition) is 6. The summed E-state index contributed by atoms with van der Waals surface area (Å²) < 4.78 is 10.7. The first-order valence-electron chi connectivity index (χ1n) is 8.40. The van der Waals surface area contributed by atoms with Gasteiger partial charge in [0.25, 0.3) is 5.91 Å². The van der Waals surface area contributed by atoms with E-state index in [2.05, 4.69) is 10.3 Å². The Morgan fingerprint density at radius 3 is 2.67 bits per heavy atom. The van der Waals surface area contributed by atoms with Gasteiger partial charge in [-0.15, -0.1) is 23.1 Å². The maximum absolute atomic E-state index is 12.5. The number of carbonyl (C=O) groups excluding carboxylic acids is 1. The SMILES string of the molecule is COc1ccc(OCCNC(=O)c2ccccc2SCc2cscn2)cc1. The molecule has 27 heavy (non-hydrogen) atoms.